The molecule has 1 heterocycles. The van der Waals surface area contributed by atoms with Gasteiger partial charge in [-0.1, -0.05) is 23.2 Å². The van der Waals surface area contributed by atoms with Crippen molar-refractivity contribution < 1.29 is 4.84 Å². The van der Waals surface area contributed by atoms with Crippen LogP contribution in [0.1, 0.15) is 26.7 Å². The zero-order chi connectivity index (χ0) is 8.69. The number of rotatable bonds is 1. The maximum Gasteiger partial charge on any atom is 0.0812 e. The van der Waals surface area contributed by atoms with Gasteiger partial charge in [0.15, 0.2) is 0 Å². The number of piperidine rings is 1. The van der Waals surface area contributed by atoms with E-state index in [2.05, 4.69) is 14.1 Å². The van der Waals surface area contributed by atoms with Gasteiger partial charge >= 0.3 is 0 Å². The third kappa shape index (κ3) is 4.70. The molecule has 1 fully saturated rings. The Bertz CT molecular complexity index is 84.5. The van der Waals surface area contributed by atoms with Gasteiger partial charge in [-0.2, -0.15) is 0 Å². The molecular formula is C7H19N2OP. The van der Waals surface area contributed by atoms with Crippen molar-refractivity contribution in [3.63, 3.8) is 0 Å². The predicted octanol–water partition coefficient (Wildman–Crippen LogP) is 1.16. The predicted molar refractivity (Wildman–Crippen MR) is 50.9 cm³/mol. The molecule has 1 atom stereocenters. The molecule has 0 aliphatic carbocycles. The number of hydrogen-bond donors (Lipinski definition) is 1. The van der Waals surface area contributed by atoms with Crippen molar-refractivity contribution in [2.75, 3.05) is 13.1 Å². The Hall–Kier alpha value is 0.310. The molecule has 0 saturated carbocycles. The zero-order valence-electron chi connectivity index (χ0n) is 7.42. The molecule has 1 saturated heterocycles. The molecule has 2 N–H and O–H groups in total. The summed E-state index contributed by atoms with van der Waals surface area (Å²) in [5.41, 5.74) is 0. The van der Waals surface area contributed by atoms with Gasteiger partial charge in [-0.3, -0.25) is 4.67 Å². The molecule has 11 heavy (non-hydrogen) atoms. The van der Waals surface area contributed by atoms with Gasteiger partial charge in [0.05, 0.1) is 6.10 Å². The number of hydrogen-bond acceptors (Lipinski definition) is 3. The van der Waals surface area contributed by atoms with E-state index in [0.29, 0.717) is 6.10 Å². The summed E-state index contributed by atoms with van der Waals surface area (Å²) in [7, 11) is 2.68. The lowest BCUT2D eigenvalue weighted by Crippen LogP contribution is -2.32. The van der Waals surface area contributed by atoms with Crippen molar-refractivity contribution >= 4 is 9.39 Å². The van der Waals surface area contributed by atoms with Gasteiger partial charge in [0.2, 0.25) is 0 Å². The highest BCUT2D eigenvalue weighted by Crippen LogP contribution is 2.14. The highest BCUT2D eigenvalue weighted by Gasteiger charge is 2.15. The summed E-state index contributed by atoms with van der Waals surface area (Å²) in [4.78, 5) is 4.70. The van der Waals surface area contributed by atoms with Crippen LogP contribution in [0.5, 0.6) is 0 Å². The van der Waals surface area contributed by atoms with Gasteiger partial charge in [-0.15, -0.1) is 0 Å². The average Bonchev–Trinajstić information content (AvgIpc) is 2.10. The highest BCUT2D eigenvalue weighted by molar-refractivity contribution is 7.13. The first-order chi connectivity index (χ1) is 5.33. The molecule has 0 bridgehead atoms. The summed E-state index contributed by atoms with van der Waals surface area (Å²) in [6, 6.07) is 0. The Morgan fingerprint density at radius 3 is 2.18 bits per heavy atom. The minimum absolute atomic E-state index is 0.293. The largest absolute Gasteiger partial charge is 0.301 e. The van der Waals surface area contributed by atoms with Crippen LogP contribution < -0.4 is 5.90 Å². The Kier molecular flexibility index (Phi) is 7.18. The van der Waals surface area contributed by atoms with E-state index in [4.69, 9.17) is 10.7 Å². The molecule has 0 amide bonds. The summed E-state index contributed by atoms with van der Waals surface area (Å²) in [5, 5.41) is 0. The third-order valence-corrected chi connectivity index (χ3v) is 2.19. The number of nitrogens with zero attached hydrogens (tertiary/aromatic N) is 1. The molecule has 1 aliphatic rings. The molecule has 0 aromatic heterocycles. The monoisotopic (exact) mass is 178 g/mol. The van der Waals surface area contributed by atoms with Gasteiger partial charge in [-0.25, -0.2) is 5.90 Å². The third-order valence-electron chi connectivity index (χ3n) is 1.67. The minimum Gasteiger partial charge on any atom is -0.301 e. The van der Waals surface area contributed by atoms with Crippen LogP contribution in [0.3, 0.4) is 0 Å². The van der Waals surface area contributed by atoms with E-state index in [0.717, 1.165) is 25.9 Å². The minimum atomic E-state index is 0.293. The van der Waals surface area contributed by atoms with Crippen molar-refractivity contribution in [1.29, 1.82) is 0 Å². The smallest absolute Gasteiger partial charge is 0.0812 e. The van der Waals surface area contributed by atoms with Crippen LogP contribution in [0.2, 0.25) is 0 Å². The Morgan fingerprint density at radius 1 is 1.36 bits per heavy atom. The standard InChI is InChI=1S/C5H13N2OP.C2H6/c6-8-5-1-3-7(9)4-2-5;1-2/h5H,1-4,6,9H2;1-2H3. The maximum absolute atomic E-state index is 5.02. The second kappa shape index (κ2) is 6.99. The Morgan fingerprint density at radius 2 is 1.82 bits per heavy atom. The van der Waals surface area contributed by atoms with E-state index in [1.807, 2.05) is 13.8 Å². The lowest BCUT2D eigenvalue weighted by Gasteiger charge is -2.26. The molecule has 1 unspecified atom stereocenters. The van der Waals surface area contributed by atoms with Crippen LogP contribution in [0.25, 0.3) is 0 Å². The summed E-state index contributed by atoms with van der Waals surface area (Å²) in [6.07, 6.45) is 2.40. The molecule has 1 aliphatic heterocycles. The van der Waals surface area contributed by atoms with Crippen LogP contribution in [-0.4, -0.2) is 23.9 Å². The zero-order valence-corrected chi connectivity index (χ0v) is 8.57. The number of nitrogens with two attached hydrogens (primary N) is 1. The fraction of sp³-hybridized carbons (Fsp3) is 1.00. The fourth-order valence-electron chi connectivity index (χ4n) is 1.01. The van der Waals surface area contributed by atoms with Crippen LogP contribution in [0, 0.1) is 0 Å². The highest BCUT2D eigenvalue weighted by atomic mass is 31.0. The van der Waals surface area contributed by atoms with Crippen LogP contribution >= 0.6 is 9.39 Å². The fourth-order valence-corrected chi connectivity index (χ4v) is 1.31. The Labute approximate surface area is 71.5 Å². The maximum atomic E-state index is 5.02. The van der Waals surface area contributed by atoms with Gasteiger partial charge in [-0.05, 0) is 12.8 Å². The van der Waals surface area contributed by atoms with Crippen molar-refractivity contribution in [3.05, 3.63) is 0 Å². The summed E-state index contributed by atoms with van der Waals surface area (Å²) in [6.45, 7) is 6.15. The van der Waals surface area contributed by atoms with Gasteiger partial charge < -0.3 is 4.84 Å². The van der Waals surface area contributed by atoms with E-state index in [9.17, 15) is 0 Å². The molecule has 68 valence electrons. The van der Waals surface area contributed by atoms with E-state index < -0.39 is 0 Å². The molecule has 0 radical (unpaired) electrons. The van der Waals surface area contributed by atoms with Crippen LogP contribution in [0.4, 0.5) is 0 Å². The second-order valence-corrected chi connectivity index (χ2v) is 3.10. The van der Waals surface area contributed by atoms with Crippen molar-refractivity contribution in [3.8, 4) is 0 Å². The van der Waals surface area contributed by atoms with E-state index in [1.165, 1.54) is 0 Å². The van der Waals surface area contributed by atoms with Crippen molar-refractivity contribution in [2.45, 2.75) is 32.8 Å². The molecule has 3 nitrogen and oxygen atoms in total. The first-order valence-corrected chi connectivity index (χ1v) is 4.69. The lowest BCUT2D eigenvalue weighted by molar-refractivity contribution is 0.0217. The SMILES string of the molecule is CC.NOC1CCN(P)CC1. The molecule has 0 aromatic carbocycles. The molecule has 4 heteroatoms. The summed E-state index contributed by atoms with van der Waals surface area (Å²) < 4.78 is 2.20. The lowest BCUT2D eigenvalue weighted by atomic mass is 10.1. The van der Waals surface area contributed by atoms with Crippen LogP contribution in [0.15, 0.2) is 0 Å². The quantitative estimate of drug-likeness (QED) is 0.483. The molecule has 0 aromatic rings. The summed E-state index contributed by atoms with van der Waals surface area (Å²) in [5.74, 6) is 5.02. The van der Waals surface area contributed by atoms with Crippen molar-refractivity contribution in [2.24, 2.45) is 5.90 Å². The Balaban J connectivity index is 0.000000461. The first-order valence-electron chi connectivity index (χ1n) is 4.18. The van der Waals surface area contributed by atoms with E-state index in [-0.39, 0.29) is 0 Å². The van der Waals surface area contributed by atoms with E-state index >= 15 is 0 Å². The average molecular weight is 178 g/mol. The topological polar surface area (TPSA) is 38.5 Å². The van der Waals surface area contributed by atoms with Crippen LogP contribution in [-0.2, 0) is 4.84 Å². The van der Waals surface area contributed by atoms with Crippen molar-refractivity contribution in [1.82, 2.24) is 4.67 Å². The van der Waals surface area contributed by atoms with Gasteiger partial charge in [0.1, 0.15) is 0 Å². The van der Waals surface area contributed by atoms with Gasteiger partial charge in [0.25, 0.3) is 0 Å². The molecule has 0 spiro atoms. The normalized spacial score (nSPS) is 20.7. The molecule has 1 rings (SSSR count). The summed E-state index contributed by atoms with van der Waals surface area (Å²) >= 11 is 0. The van der Waals surface area contributed by atoms with Gasteiger partial charge in [0, 0.05) is 13.1 Å². The second-order valence-electron chi connectivity index (χ2n) is 2.37. The first kappa shape index (κ1) is 11.3. The molecular weight excluding hydrogens is 159 g/mol. The van der Waals surface area contributed by atoms with E-state index in [1.54, 1.807) is 0 Å².